The van der Waals surface area contributed by atoms with Gasteiger partial charge in [0.1, 0.15) is 11.5 Å². The highest BCUT2D eigenvalue weighted by Gasteiger charge is 2.12. The van der Waals surface area contributed by atoms with E-state index in [0.29, 0.717) is 6.42 Å². The molecular weight excluding hydrogens is 216 g/mol. The highest BCUT2D eigenvalue weighted by Crippen LogP contribution is 2.21. The lowest BCUT2D eigenvalue weighted by Gasteiger charge is -2.15. The fourth-order valence-corrected chi connectivity index (χ4v) is 1.76. The van der Waals surface area contributed by atoms with Crippen LogP contribution in [0.4, 0.5) is 0 Å². The Morgan fingerprint density at radius 2 is 2.24 bits per heavy atom. The second-order valence-electron chi connectivity index (χ2n) is 3.78. The summed E-state index contributed by atoms with van der Waals surface area (Å²) in [6.07, 6.45) is 2.37. The van der Waals surface area contributed by atoms with E-state index in [1.807, 2.05) is 36.4 Å². The number of nitrogens with one attached hydrogen (secondary N) is 1. The first kappa shape index (κ1) is 11.7. The van der Waals surface area contributed by atoms with Crippen molar-refractivity contribution in [2.45, 2.75) is 12.5 Å². The van der Waals surface area contributed by atoms with E-state index >= 15 is 0 Å². The van der Waals surface area contributed by atoms with Crippen LogP contribution in [0.15, 0.2) is 47.1 Å². The molecule has 0 saturated heterocycles. The molecule has 0 radical (unpaired) electrons. The maximum atomic E-state index is 5.58. The molecule has 4 nitrogen and oxygen atoms in total. The summed E-state index contributed by atoms with van der Waals surface area (Å²) in [5, 5.41) is 0. The van der Waals surface area contributed by atoms with Crippen molar-refractivity contribution in [2.75, 3.05) is 7.11 Å². The standard InChI is InChI=1S/C13H16N2O2/c1-16-11-5-2-4-10(8-11)13(15-14)9-12-6-3-7-17-12/h2-8,13,15H,9,14H2,1H3. The van der Waals surface area contributed by atoms with Crippen molar-refractivity contribution in [1.82, 2.24) is 5.43 Å². The van der Waals surface area contributed by atoms with Crippen molar-refractivity contribution >= 4 is 0 Å². The number of hydrogen-bond donors (Lipinski definition) is 2. The smallest absolute Gasteiger partial charge is 0.119 e. The Labute approximate surface area is 100 Å². The van der Waals surface area contributed by atoms with Gasteiger partial charge in [0.2, 0.25) is 0 Å². The molecule has 0 aliphatic carbocycles. The van der Waals surface area contributed by atoms with Crippen LogP contribution in [0.5, 0.6) is 5.75 Å². The normalized spacial score (nSPS) is 12.4. The van der Waals surface area contributed by atoms with Gasteiger partial charge in [0.15, 0.2) is 0 Å². The van der Waals surface area contributed by atoms with E-state index in [1.54, 1.807) is 13.4 Å². The van der Waals surface area contributed by atoms with Crippen LogP contribution in [-0.2, 0) is 6.42 Å². The van der Waals surface area contributed by atoms with E-state index in [1.165, 1.54) is 0 Å². The molecule has 2 rings (SSSR count). The van der Waals surface area contributed by atoms with Gasteiger partial charge in [0.25, 0.3) is 0 Å². The zero-order valence-corrected chi connectivity index (χ0v) is 9.72. The summed E-state index contributed by atoms with van der Waals surface area (Å²) in [5.74, 6) is 7.30. The number of nitrogens with two attached hydrogens (primary N) is 1. The molecule has 17 heavy (non-hydrogen) atoms. The van der Waals surface area contributed by atoms with Crippen LogP contribution in [0.3, 0.4) is 0 Å². The van der Waals surface area contributed by atoms with Gasteiger partial charge in [-0.25, -0.2) is 0 Å². The minimum absolute atomic E-state index is 0.0104. The lowest BCUT2D eigenvalue weighted by molar-refractivity contribution is 0.411. The summed E-state index contributed by atoms with van der Waals surface area (Å²) in [6.45, 7) is 0. The van der Waals surface area contributed by atoms with Crippen LogP contribution in [0.2, 0.25) is 0 Å². The summed E-state index contributed by atoms with van der Waals surface area (Å²) < 4.78 is 10.5. The van der Waals surface area contributed by atoms with E-state index in [-0.39, 0.29) is 6.04 Å². The number of benzene rings is 1. The first-order valence-corrected chi connectivity index (χ1v) is 5.46. The molecule has 0 spiro atoms. The fraction of sp³-hybridized carbons (Fsp3) is 0.231. The Hall–Kier alpha value is -1.78. The molecule has 1 unspecified atom stereocenters. The molecule has 4 heteroatoms. The van der Waals surface area contributed by atoms with E-state index < -0.39 is 0 Å². The Morgan fingerprint density at radius 1 is 1.35 bits per heavy atom. The third-order valence-corrected chi connectivity index (χ3v) is 2.68. The van der Waals surface area contributed by atoms with Crippen LogP contribution in [0.25, 0.3) is 0 Å². The third kappa shape index (κ3) is 2.87. The van der Waals surface area contributed by atoms with Gasteiger partial charge >= 0.3 is 0 Å². The highest BCUT2D eigenvalue weighted by atomic mass is 16.5. The van der Waals surface area contributed by atoms with E-state index in [4.69, 9.17) is 15.0 Å². The molecule has 2 aromatic rings. The molecule has 0 bridgehead atoms. The highest BCUT2D eigenvalue weighted by molar-refractivity contribution is 5.31. The SMILES string of the molecule is COc1cccc(C(Cc2ccco2)NN)c1. The minimum Gasteiger partial charge on any atom is -0.497 e. The molecule has 3 N–H and O–H groups in total. The van der Waals surface area contributed by atoms with E-state index in [9.17, 15) is 0 Å². The maximum absolute atomic E-state index is 5.58. The monoisotopic (exact) mass is 232 g/mol. The topological polar surface area (TPSA) is 60.4 Å². The predicted octanol–water partition coefficient (Wildman–Crippen LogP) is 2.04. The lowest BCUT2D eigenvalue weighted by Crippen LogP contribution is -2.29. The quantitative estimate of drug-likeness (QED) is 0.611. The average molecular weight is 232 g/mol. The van der Waals surface area contributed by atoms with Gasteiger partial charge in [-0.05, 0) is 29.8 Å². The summed E-state index contributed by atoms with van der Waals surface area (Å²) in [5.41, 5.74) is 3.86. The molecular formula is C13H16N2O2. The molecule has 0 aliphatic heterocycles. The Balaban J connectivity index is 2.16. The molecule has 90 valence electrons. The molecule has 0 amide bonds. The van der Waals surface area contributed by atoms with Gasteiger partial charge in [0, 0.05) is 6.42 Å². The number of hydrazine groups is 1. The lowest BCUT2D eigenvalue weighted by atomic mass is 10.0. The molecule has 1 heterocycles. The molecule has 1 aromatic carbocycles. The molecule has 1 aromatic heterocycles. The molecule has 0 fully saturated rings. The number of ether oxygens (including phenoxy) is 1. The predicted molar refractivity (Wildman–Crippen MR) is 65.5 cm³/mol. The largest absolute Gasteiger partial charge is 0.497 e. The number of hydrogen-bond acceptors (Lipinski definition) is 4. The average Bonchev–Trinajstić information content (AvgIpc) is 2.89. The van der Waals surface area contributed by atoms with Crippen molar-refractivity contribution in [3.63, 3.8) is 0 Å². The van der Waals surface area contributed by atoms with E-state index in [2.05, 4.69) is 5.43 Å². The van der Waals surface area contributed by atoms with Gasteiger partial charge in [-0.15, -0.1) is 0 Å². The first-order valence-electron chi connectivity index (χ1n) is 5.46. The number of furan rings is 1. The molecule has 0 saturated carbocycles. The summed E-state index contributed by atoms with van der Waals surface area (Å²) in [4.78, 5) is 0. The van der Waals surface area contributed by atoms with Crippen LogP contribution in [-0.4, -0.2) is 7.11 Å². The zero-order valence-electron chi connectivity index (χ0n) is 9.72. The van der Waals surface area contributed by atoms with Gasteiger partial charge in [-0.1, -0.05) is 12.1 Å². The van der Waals surface area contributed by atoms with Crippen molar-refractivity contribution in [1.29, 1.82) is 0 Å². The van der Waals surface area contributed by atoms with Crippen LogP contribution in [0.1, 0.15) is 17.4 Å². The van der Waals surface area contributed by atoms with Crippen LogP contribution in [0, 0.1) is 0 Å². The van der Waals surface area contributed by atoms with Gasteiger partial charge in [0.05, 0.1) is 19.4 Å². The molecule has 0 aliphatic rings. The van der Waals surface area contributed by atoms with Gasteiger partial charge < -0.3 is 9.15 Å². The second-order valence-corrected chi connectivity index (χ2v) is 3.78. The Bertz CT molecular complexity index is 454. The third-order valence-electron chi connectivity index (χ3n) is 2.68. The summed E-state index contributed by atoms with van der Waals surface area (Å²) in [6, 6.07) is 11.6. The minimum atomic E-state index is 0.0104. The van der Waals surface area contributed by atoms with Gasteiger partial charge in [-0.2, -0.15) is 0 Å². The van der Waals surface area contributed by atoms with Crippen molar-refractivity contribution in [3.8, 4) is 5.75 Å². The van der Waals surface area contributed by atoms with Crippen molar-refractivity contribution in [3.05, 3.63) is 54.0 Å². The Morgan fingerprint density at radius 3 is 2.88 bits per heavy atom. The Kier molecular flexibility index (Phi) is 3.80. The second kappa shape index (κ2) is 5.52. The first-order chi connectivity index (χ1) is 8.33. The van der Waals surface area contributed by atoms with Crippen LogP contribution < -0.4 is 16.0 Å². The zero-order chi connectivity index (χ0) is 12.1. The van der Waals surface area contributed by atoms with Crippen LogP contribution >= 0.6 is 0 Å². The number of rotatable bonds is 5. The fourth-order valence-electron chi connectivity index (χ4n) is 1.76. The van der Waals surface area contributed by atoms with Gasteiger partial charge in [-0.3, -0.25) is 11.3 Å². The maximum Gasteiger partial charge on any atom is 0.119 e. The van der Waals surface area contributed by atoms with Crippen molar-refractivity contribution < 1.29 is 9.15 Å². The summed E-state index contributed by atoms with van der Waals surface area (Å²) in [7, 11) is 1.65. The molecule has 1 atom stereocenters. The van der Waals surface area contributed by atoms with E-state index in [0.717, 1.165) is 17.1 Å². The van der Waals surface area contributed by atoms with Crippen molar-refractivity contribution in [2.24, 2.45) is 5.84 Å². The summed E-state index contributed by atoms with van der Waals surface area (Å²) >= 11 is 0. The number of methoxy groups -OCH3 is 1.